The first kappa shape index (κ1) is 11.3. The number of halogens is 1. The van der Waals surface area contributed by atoms with Gasteiger partial charge in [-0.2, -0.15) is 5.26 Å². The molecule has 2 rings (SSSR count). The molecule has 3 nitrogen and oxygen atoms in total. The lowest BCUT2D eigenvalue weighted by Gasteiger charge is -2.33. The molecule has 0 atom stereocenters. The number of hydrogen-bond donors (Lipinski definition) is 2. The minimum atomic E-state index is -0.476. The van der Waals surface area contributed by atoms with E-state index in [-0.39, 0.29) is 0 Å². The molecule has 2 N–H and O–H groups in total. The van der Waals surface area contributed by atoms with Crippen LogP contribution < -0.4 is 10.6 Å². The Labute approximate surface area is 100 Å². The van der Waals surface area contributed by atoms with E-state index in [9.17, 15) is 5.26 Å². The zero-order valence-electron chi connectivity index (χ0n) is 8.96. The van der Waals surface area contributed by atoms with Crippen molar-refractivity contribution in [2.75, 3.05) is 18.4 Å². The summed E-state index contributed by atoms with van der Waals surface area (Å²) in [7, 11) is 0. The highest BCUT2D eigenvalue weighted by Crippen LogP contribution is 2.28. The molecule has 84 valence electrons. The van der Waals surface area contributed by atoms with Crippen LogP contribution in [0.1, 0.15) is 12.8 Å². The van der Waals surface area contributed by atoms with Crippen LogP contribution in [0.4, 0.5) is 5.69 Å². The number of rotatable bonds is 2. The average molecular weight is 236 g/mol. The van der Waals surface area contributed by atoms with Crippen molar-refractivity contribution in [3.05, 3.63) is 29.3 Å². The van der Waals surface area contributed by atoms with Crippen molar-refractivity contribution in [2.24, 2.45) is 0 Å². The number of nitrogens with one attached hydrogen (secondary N) is 2. The molecule has 0 aliphatic carbocycles. The van der Waals surface area contributed by atoms with Gasteiger partial charge in [-0.05, 0) is 38.1 Å². The Balaban J connectivity index is 2.19. The maximum absolute atomic E-state index is 9.31. The third-order valence-electron chi connectivity index (χ3n) is 2.92. The minimum Gasteiger partial charge on any atom is -0.366 e. The summed E-state index contributed by atoms with van der Waals surface area (Å²) in [5.74, 6) is 0. The molecule has 0 bridgehead atoms. The molecule has 1 fully saturated rings. The van der Waals surface area contributed by atoms with Crippen molar-refractivity contribution in [1.82, 2.24) is 5.32 Å². The van der Waals surface area contributed by atoms with E-state index < -0.39 is 5.54 Å². The molecular weight excluding hydrogens is 222 g/mol. The van der Waals surface area contributed by atoms with Crippen molar-refractivity contribution in [2.45, 2.75) is 18.4 Å². The van der Waals surface area contributed by atoms with E-state index in [0.29, 0.717) is 5.02 Å². The molecular formula is C12H14ClN3. The summed E-state index contributed by atoms with van der Waals surface area (Å²) in [4.78, 5) is 0. The van der Waals surface area contributed by atoms with Crippen LogP contribution >= 0.6 is 11.6 Å². The fraction of sp³-hybridized carbons (Fsp3) is 0.417. The van der Waals surface area contributed by atoms with E-state index >= 15 is 0 Å². The van der Waals surface area contributed by atoms with Crippen LogP contribution in [0.5, 0.6) is 0 Å². The first-order valence-corrected chi connectivity index (χ1v) is 5.78. The molecule has 0 aromatic heterocycles. The second-order valence-corrected chi connectivity index (χ2v) is 4.46. The van der Waals surface area contributed by atoms with Gasteiger partial charge in [-0.1, -0.05) is 23.7 Å². The van der Waals surface area contributed by atoms with Crippen LogP contribution in [0.15, 0.2) is 24.3 Å². The Morgan fingerprint density at radius 2 is 2.00 bits per heavy atom. The number of piperidine rings is 1. The van der Waals surface area contributed by atoms with E-state index in [0.717, 1.165) is 31.6 Å². The highest BCUT2D eigenvalue weighted by Gasteiger charge is 2.32. The zero-order valence-corrected chi connectivity index (χ0v) is 9.72. The normalized spacial score (nSPS) is 18.8. The fourth-order valence-electron chi connectivity index (χ4n) is 1.94. The third-order valence-corrected chi connectivity index (χ3v) is 3.25. The van der Waals surface area contributed by atoms with Gasteiger partial charge in [-0.3, -0.25) is 0 Å². The highest BCUT2D eigenvalue weighted by molar-refractivity contribution is 6.33. The van der Waals surface area contributed by atoms with E-state index in [2.05, 4.69) is 16.7 Å². The molecule has 0 spiro atoms. The van der Waals surface area contributed by atoms with Gasteiger partial charge in [0.05, 0.1) is 16.8 Å². The molecule has 16 heavy (non-hydrogen) atoms. The standard InChI is InChI=1S/C12H14ClN3/c13-10-3-1-2-4-11(10)16-12(9-14)5-7-15-8-6-12/h1-4,15-16H,5-8H2. The van der Waals surface area contributed by atoms with E-state index in [1.807, 2.05) is 24.3 Å². The Bertz CT molecular complexity index is 405. The maximum atomic E-state index is 9.31. The van der Waals surface area contributed by atoms with Gasteiger partial charge >= 0.3 is 0 Å². The molecule has 1 aliphatic heterocycles. The van der Waals surface area contributed by atoms with Gasteiger partial charge < -0.3 is 10.6 Å². The van der Waals surface area contributed by atoms with Crippen molar-refractivity contribution in [3.8, 4) is 6.07 Å². The van der Waals surface area contributed by atoms with Gasteiger partial charge in [0.2, 0.25) is 0 Å². The summed E-state index contributed by atoms with van der Waals surface area (Å²) >= 11 is 6.07. The highest BCUT2D eigenvalue weighted by atomic mass is 35.5. The number of hydrogen-bond acceptors (Lipinski definition) is 3. The third kappa shape index (κ3) is 2.29. The molecule has 1 aromatic carbocycles. The second-order valence-electron chi connectivity index (χ2n) is 4.05. The van der Waals surface area contributed by atoms with Gasteiger partial charge in [0.15, 0.2) is 0 Å². The van der Waals surface area contributed by atoms with E-state index in [1.165, 1.54) is 0 Å². The van der Waals surface area contributed by atoms with Crippen LogP contribution in [0.2, 0.25) is 5.02 Å². The lowest BCUT2D eigenvalue weighted by atomic mass is 9.89. The molecule has 1 aliphatic rings. The minimum absolute atomic E-state index is 0.476. The van der Waals surface area contributed by atoms with Gasteiger partial charge in [0.25, 0.3) is 0 Å². The van der Waals surface area contributed by atoms with Crippen LogP contribution in [-0.2, 0) is 0 Å². The van der Waals surface area contributed by atoms with Crippen molar-refractivity contribution in [1.29, 1.82) is 5.26 Å². The Morgan fingerprint density at radius 1 is 1.31 bits per heavy atom. The van der Waals surface area contributed by atoms with Gasteiger partial charge in [0.1, 0.15) is 5.54 Å². The van der Waals surface area contributed by atoms with Gasteiger partial charge in [0, 0.05) is 0 Å². The fourth-order valence-corrected chi connectivity index (χ4v) is 2.12. The lowest BCUT2D eigenvalue weighted by molar-refractivity contribution is 0.409. The second kappa shape index (κ2) is 4.73. The molecule has 4 heteroatoms. The van der Waals surface area contributed by atoms with Crippen molar-refractivity contribution >= 4 is 17.3 Å². The SMILES string of the molecule is N#CC1(Nc2ccccc2Cl)CCNCC1. The largest absolute Gasteiger partial charge is 0.366 e. The predicted octanol–water partition coefficient (Wildman–Crippen LogP) is 2.40. The van der Waals surface area contributed by atoms with Gasteiger partial charge in [-0.15, -0.1) is 0 Å². The summed E-state index contributed by atoms with van der Waals surface area (Å²) < 4.78 is 0. The van der Waals surface area contributed by atoms with Crippen LogP contribution in [0.25, 0.3) is 0 Å². The lowest BCUT2D eigenvalue weighted by Crippen LogP contribution is -2.46. The van der Waals surface area contributed by atoms with Crippen LogP contribution in [-0.4, -0.2) is 18.6 Å². The van der Waals surface area contributed by atoms with Crippen LogP contribution in [0.3, 0.4) is 0 Å². The summed E-state index contributed by atoms with van der Waals surface area (Å²) in [6, 6.07) is 9.92. The first-order chi connectivity index (χ1) is 7.76. The van der Waals surface area contributed by atoms with Crippen LogP contribution in [0, 0.1) is 11.3 Å². The Hall–Kier alpha value is -1.24. The molecule has 0 radical (unpaired) electrons. The smallest absolute Gasteiger partial charge is 0.127 e. The number of benzene rings is 1. The van der Waals surface area contributed by atoms with E-state index in [1.54, 1.807) is 0 Å². The zero-order chi connectivity index (χ0) is 11.4. The average Bonchev–Trinajstić information content (AvgIpc) is 2.33. The molecule has 0 unspecified atom stereocenters. The topological polar surface area (TPSA) is 47.9 Å². The summed E-state index contributed by atoms with van der Waals surface area (Å²) in [5, 5.41) is 16.5. The number of para-hydroxylation sites is 1. The monoisotopic (exact) mass is 235 g/mol. The molecule has 1 heterocycles. The molecule has 1 saturated heterocycles. The Kier molecular flexibility index (Phi) is 3.33. The van der Waals surface area contributed by atoms with Gasteiger partial charge in [-0.25, -0.2) is 0 Å². The predicted molar refractivity (Wildman–Crippen MR) is 65.5 cm³/mol. The number of nitrogens with zero attached hydrogens (tertiary/aromatic N) is 1. The quantitative estimate of drug-likeness (QED) is 0.828. The summed E-state index contributed by atoms with van der Waals surface area (Å²) in [6.45, 7) is 1.73. The number of anilines is 1. The number of nitriles is 1. The molecule has 1 aromatic rings. The summed E-state index contributed by atoms with van der Waals surface area (Å²) in [6.07, 6.45) is 1.60. The van der Waals surface area contributed by atoms with E-state index in [4.69, 9.17) is 11.6 Å². The summed E-state index contributed by atoms with van der Waals surface area (Å²) in [5.41, 5.74) is 0.364. The van der Waals surface area contributed by atoms with Crippen molar-refractivity contribution in [3.63, 3.8) is 0 Å². The Morgan fingerprint density at radius 3 is 2.62 bits per heavy atom. The maximum Gasteiger partial charge on any atom is 0.127 e. The molecule has 0 saturated carbocycles. The first-order valence-electron chi connectivity index (χ1n) is 5.40. The van der Waals surface area contributed by atoms with Crippen molar-refractivity contribution < 1.29 is 0 Å². The molecule has 0 amide bonds.